The van der Waals surface area contributed by atoms with Crippen LogP contribution in [0.2, 0.25) is 12.1 Å². The van der Waals surface area contributed by atoms with Gasteiger partial charge in [-0.05, 0) is 12.1 Å². The third-order valence-corrected chi connectivity index (χ3v) is 1.73. The van der Waals surface area contributed by atoms with Gasteiger partial charge in [-0.15, -0.1) is 13.2 Å². The Morgan fingerprint density at radius 3 is 1.86 bits per heavy atom. The lowest BCUT2D eigenvalue weighted by Gasteiger charge is -1.82. The highest BCUT2D eigenvalue weighted by atomic mass is 28.2. The Kier molecular flexibility index (Phi) is 5.45. The van der Waals surface area contributed by atoms with E-state index in [0.29, 0.717) is 0 Å². The average Bonchev–Trinajstić information content (AvgIpc) is 1.69. The maximum Gasteiger partial charge on any atom is 0.0462 e. The molecular formula is C6H10Si. The molecule has 0 aliphatic heterocycles. The van der Waals surface area contributed by atoms with E-state index in [1.165, 1.54) is 0 Å². The Labute approximate surface area is 47.8 Å². The van der Waals surface area contributed by atoms with Crippen LogP contribution in [0, 0.1) is 0 Å². The fourth-order valence-electron chi connectivity index (χ4n) is 0.287. The summed E-state index contributed by atoms with van der Waals surface area (Å²) in [5.74, 6) is 0. The van der Waals surface area contributed by atoms with E-state index in [0.717, 1.165) is 21.6 Å². The van der Waals surface area contributed by atoms with Gasteiger partial charge in [0.15, 0.2) is 0 Å². The first-order chi connectivity index (χ1) is 3.41. The first kappa shape index (κ1) is 6.70. The Morgan fingerprint density at radius 1 is 1.14 bits per heavy atom. The third-order valence-electron chi connectivity index (χ3n) is 0.577. The van der Waals surface area contributed by atoms with Gasteiger partial charge in [-0.25, -0.2) is 0 Å². The standard InChI is InChI=1S/C6H10Si/c1-3-5-7-6-4-2/h3-4H,1-2,5-6H2. The summed E-state index contributed by atoms with van der Waals surface area (Å²) in [6.45, 7) is 7.21. The van der Waals surface area contributed by atoms with Crippen LogP contribution in [0.25, 0.3) is 0 Å². The summed E-state index contributed by atoms with van der Waals surface area (Å²) < 4.78 is 0. The average molecular weight is 110 g/mol. The van der Waals surface area contributed by atoms with Crippen molar-refractivity contribution in [1.29, 1.82) is 0 Å². The summed E-state index contributed by atoms with van der Waals surface area (Å²) in [4.78, 5) is 0. The van der Waals surface area contributed by atoms with E-state index >= 15 is 0 Å². The Balaban J connectivity index is 2.68. The van der Waals surface area contributed by atoms with Gasteiger partial charge in [-0.2, -0.15) is 0 Å². The van der Waals surface area contributed by atoms with Crippen molar-refractivity contribution in [2.75, 3.05) is 0 Å². The second-order valence-corrected chi connectivity index (χ2v) is 2.55. The molecule has 0 aromatic rings. The predicted octanol–water partition coefficient (Wildman–Crippen LogP) is 1.90. The highest BCUT2D eigenvalue weighted by Gasteiger charge is 1.76. The van der Waals surface area contributed by atoms with Crippen molar-refractivity contribution in [1.82, 2.24) is 0 Å². The summed E-state index contributed by atoms with van der Waals surface area (Å²) in [6.07, 6.45) is 3.89. The van der Waals surface area contributed by atoms with Gasteiger partial charge in [0.1, 0.15) is 0 Å². The Hall–Kier alpha value is -0.303. The van der Waals surface area contributed by atoms with Crippen LogP contribution in [0.15, 0.2) is 25.3 Å². The van der Waals surface area contributed by atoms with Gasteiger partial charge in [-0.1, -0.05) is 12.2 Å². The largest absolute Gasteiger partial charge is 0.103 e. The lowest BCUT2D eigenvalue weighted by atomic mass is 10.7. The Morgan fingerprint density at radius 2 is 1.57 bits per heavy atom. The van der Waals surface area contributed by atoms with Crippen molar-refractivity contribution in [3.63, 3.8) is 0 Å². The fraction of sp³-hybridized carbons (Fsp3) is 0.333. The molecule has 0 rings (SSSR count). The molecule has 0 spiro atoms. The zero-order valence-electron chi connectivity index (χ0n) is 4.48. The van der Waals surface area contributed by atoms with Crippen molar-refractivity contribution < 1.29 is 0 Å². The summed E-state index contributed by atoms with van der Waals surface area (Å²) >= 11 is 0. The van der Waals surface area contributed by atoms with Crippen LogP contribution in [0.4, 0.5) is 0 Å². The molecule has 0 fully saturated rings. The highest BCUT2D eigenvalue weighted by Crippen LogP contribution is 1.84. The minimum atomic E-state index is 0.996. The second-order valence-electron chi connectivity index (χ2n) is 1.24. The van der Waals surface area contributed by atoms with E-state index in [-0.39, 0.29) is 0 Å². The molecule has 2 radical (unpaired) electrons. The van der Waals surface area contributed by atoms with Crippen LogP contribution in [-0.2, 0) is 0 Å². The molecule has 0 aromatic carbocycles. The van der Waals surface area contributed by atoms with Crippen molar-refractivity contribution in [2.24, 2.45) is 0 Å². The van der Waals surface area contributed by atoms with E-state index in [1.807, 2.05) is 12.2 Å². The molecule has 0 saturated heterocycles. The molecule has 0 aliphatic rings. The monoisotopic (exact) mass is 110 g/mol. The molecule has 38 valence electrons. The van der Waals surface area contributed by atoms with Crippen LogP contribution < -0.4 is 0 Å². The lowest BCUT2D eigenvalue weighted by Crippen LogP contribution is -1.79. The summed E-state index contributed by atoms with van der Waals surface area (Å²) in [5, 5.41) is 0. The van der Waals surface area contributed by atoms with E-state index in [1.54, 1.807) is 0 Å². The highest BCUT2D eigenvalue weighted by molar-refractivity contribution is 6.36. The molecule has 0 bridgehead atoms. The normalized spacial score (nSPS) is 8.00. The van der Waals surface area contributed by atoms with Crippen LogP contribution >= 0.6 is 0 Å². The molecule has 0 N–H and O–H groups in total. The molecule has 0 amide bonds. The second kappa shape index (κ2) is 5.70. The number of allylic oxidation sites excluding steroid dienone is 2. The topological polar surface area (TPSA) is 0 Å². The number of hydrogen-bond donors (Lipinski definition) is 0. The summed E-state index contributed by atoms with van der Waals surface area (Å²) in [6, 6.07) is 2.29. The van der Waals surface area contributed by atoms with Gasteiger partial charge in [-0.3, -0.25) is 0 Å². The zero-order chi connectivity index (χ0) is 5.54. The molecule has 0 aromatic heterocycles. The van der Waals surface area contributed by atoms with Gasteiger partial charge >= 0.3 is 0 Å². The molecule has 1 heteroatoms. The van der Waals surface area contributed by atoms with E-state index in [2.05, 4.69) is 13.2 Å². The number of rotatable bonds is 4. The van der Waals surface area contributed by atoms with Crippen LogP contribution in [0.1, 0.15) is 0 Å². The van der Waals surface area contributed by atoms with E-state index in [9.17, 15) is 0 Å². The molecule has 0 aliphatic carbocycles. The minimum Gasteiger partial charge on any atom is -0.103 e. The van der Waals surface area contributed by atoms with Crippen molar-refractivity contribution in [2.45, 2.75) is 12.1 Å². The van der Waals surface area contributed by atoms with E-state index in [4.69, 9.17) is 0 Å². The molecule has 0 heterocycles. The fourth-order valence-corrected chi connectivity index (χ4v) is 0.862. The molecule has 0 unspecified atom stereocenters. The molecule has 0 atom stereocenters. The first-order valence-electron chi connectivity index (χ1n) is 2.34. The molecular weight excluding hydrogens is 100 g/mol. The third kappa shape index (κ3) is 5.70. The quantitative estimate of drug-likeness (QED) is 0.294. The van der Waals surface area contributed by atoms with Gasteiger partial charge in [0.25, 0.3) is 0 Å². The van der Waals surface area contributed by atoms with Gasteiger partial charge in [0, 0.05) is 9.52 Å². The molecule has 0 nitrogen and oxygen atoms in total. The smallest absolute Gasteiger partial charge is 0.0462 e. The first-order valence-corrected chi connectivity index (χ1v) is 3.75. The maximum absolute atomic E-state index is 3.61. The predicted molar refractivity (Wildman–Crippen MR) is 35.8 cm³/mol. The van der Waals surface area contributed by atoms with Crippen molar-refractivity contribution in [3.8, 4) is 0 Å². The zero-order valence-corrected chi connectivity index (χ0v) is 5.48. The van der Waals surface area contributed by atoms with Gasteiger partial charge in [0.05, 0.1) is 0 Å². The molecule has 0 saturated carbocycles. The van der Waals surface area contributed by atoms with Gasteiger partial charge < -0.3 is 0 Å². The van der Waals surface area contributed by atoms with Crippen LogP contribution in [-0.4, -0.2) is 9.52 Å². The number of hydrogen-bond acceptors (Lipinski definition) is 0. The Bertz CT molecular complexity index is 49.2. The van der Waals surface area contributed by atoms with Crippen molar-refractivity contribution >= 4 is 9.52 Å². The minimum absolute atomic E-state index is 0.996. The molecule has 7 heavy (non-hydrogen) atoms. The van der Waals surface area contributed by atoms with Gasteiger partial charge in [0.2, 0.25) is 0 Å². The summed E-state index contributed by atoms with van der Waals surface area (Å²) in [5.41, 5.74) is 0. The van der Waals surface area contributed by atoms with Crippen LogP contribution in [0.3, 0.4) is 0 Å². The van der Waals surface area contributed by atoms with Crippen molar-refractivity contribution in [3.05, 3.63) is 25.3 Å². The maximum atomic E-state index is 3.61. The van der Waals surface area contributed by atoms with Crippen LogP contribution in [0.5, 0.6) is 0 Å². The SMILES string of the molecule is C=CC[Si]CC=C. The van der Waals surface area contributed by atoms with E-state index < -0.39 is 0 Å². The lowest BCUT2D eigenvalue weighted by molar-refractivity contribution is 1.60. The summed E-state index contributed by atoms with van der Waals surface area (Å²) in [7, 11) is 0.996.